The van der Waals surface area contributed by atoms with Crippen LogP contribution in [0.15, 0.2) is 21.1 Å². The van der Waals surface area contributed by atoms with Crippen LogP contribution in [0.2, 0.25) is 0 Å². The maximum Gasteiger partial charge on any atom is 0.326 e. The van der Waals surface area contributed by atoms with Crippen LogP contribution in [0.1, 0.15) is 16.8 Å². The minimum atomic E-state index is -0.966. The highest BCUT2D eigenvalue weighted by Gasteiger charge is 2.38. The van der Waals surface area contributed by atoms with Crippen molar-refractivity contribution in [2.24, 2.45) is 0 Å². The molecule has 2 rings (SSSR count). The molecule has 1 saturated heterocycles. The Balaban J connectivity index is 2.28. The number of likely N-dealkylation sites (tertiary alicyclic amines) is 1. The highest BCUT2D eigenvalue weighted by Crippen LogP contribution is 2.35. The zero-order valence-corrected chi connectivity index (χ0v) is 13.2. The standard InChI is InChI=1S/C12H11Br2NO4/c1-19-10-7(13)4-6(5-8(10)14)11(16)15-3-2-9(15)12(17)18/h4-5,9H,2-3H2,1H3,(H,17,18)/t9-/m1/s1. The molecule has 0 aliphatic carbocycles. The van der Waals surface area contributed by atoms with E-state index in [-0.39, 0.29) is 5.91 Å². The summed E-state index contributed by atoms with van der Waals surface area (Å²) < 4.78 is 6.44. The van der Waals surface area contributed by atoms with Crippen LogP contribution in [0, 0.1) is 0 Å². The molecular weight excluding hydrogens is 382 g/mol. The molecule has 19 heavy (non-hydrogen) atoms. The topological polar surface area (TPSA) is 66.8 Å². The van der Waals surface area contributed by atoms with E-state index in [1.54, 1.807) is 12.1 Å². The Morgan fingerprint density at radius 2 is 1.95 bits per heavy atom. The molecule has 0 bridgehead atoms. The number of amides is 1. The molecule has 102 valence electrons. The highest BCUT2D eigenvalue weighted by atomic mass is 79.9. The third-order valence-corrected chi connectivity index (χ3v) is 4.19. The SMILES string of the molecule is COc1c(Br)cc(C(=O)N2CC[C@@H]2C(=O)O)cc1Br. The number of nitrogens with zero attached hydrogens (tertiary/aromatic N) is 1. The Morgan fingerprint density at radius 3 is 2.32 bits per heavy atom. The molecule has 5 nitrogen and oxygen atoms in total. The first kappa shape index (κ1) is 14.3. The van der Waals surface area contributed by atoms with Gasteiger partial charge in [0.1, 0.15) is 11.8 Å². The molecule has 0 radical (unpaired) electrons. The summed E-state index contributed by atoms with van der Waals surface area (Å²) in [5.41, 5.74) is 0.422. The molecule has 1 aromatic carbocycles. The van der Waals surface area contributed by atoms with Gasteiger partial charge in [-0.05, 0) is 50.4 Å². The summed E-state index contributed by atoms with van der Waals surface area (Å²) in [6.45, 7) is 0.469. The second-order valence-electron chi connectivity index (χ2n) is 4.11. The van der Waals surface area contributed by atoms with Gasteiger partial charge in [0, 0.05) is 12.1 Å². The number of carbonyl (C=O) groups excluding carboxylic acids is 1. The van der Waals surface area contributed by atoms with E-state index in [0.717, 1.165) is 0 Å². The van der Waals surface area contributed by atoms with Gasteiger partial charge in [-0.25, -0.2) is 4.79 Å². The van der Waals surface area contributed by atoms with Gasteiger partial charge in [0.05, 0.1) is 16.1 Å². The molecule has 1 heterocycles. The van der Waals surface area contributed by atoms with Crippen molar-refractivity contribution in [3.8, 4) is 5.75 Å². The first-order valence-corrected chi connectivity index (χ1v) is 7.11. The van der Waals surface area contributed by atoms with Crippen LogP contribution in [0.3, 0.4) is 0 Å². The van der Waals surface area contributed by atoms with Crippen molar-refractivity contribution in [1.82, 2.24) is 4.90 Å². The summed E-state index contributed by atoms with van der Waals surface area (Å²) in [4.78, 5) is 24.5. The van der Waals surface area contributed by atoms with Gasteiger partial charge in [0.25, 0.3) is 5.91 Å². The van der Waals surface area contributed by atoms with Gasteiger partial charge in [0.15, 0.2) is 0 Å². The molecule has 0 unspecified atom stereocenters. The Morgan fingerprint density at radius 1 is 1.37 bits per heavy atom. The maximum absolute atomic E-state index is 12.2. The number of carbonyl (C=O) groups is 2. The lowest BCUT2D eigenvalue weighted by atomic mass is 10.0. The number of hydrogen-bond acceptors (Lipinski definition) is 3. The molecule has 0 spiro atoms. The van der Waals surface area contributed by atoms with Crippen LogP contribution >= 0.6 is 31.9 Å². The monoisotopic (exact) mass is 391 g/mol. The molecule has 1 fully saturated rings. The average Bonchev–Trinajstić information content (AvgIpc) is 2.25. The number of halogens is 2. The zero-order chi connectivity index (χ0) is 14.2. The fourth-order valence-corrected chi connectivity index (χ4v) is 3.44. The summed E-state index contributed by atoms with van der Waals surface area (Å²) in [5.74, 6) is -0.663. The second-order valence-corrected chi connectivity index (χ2v) is 5.82. The fourth-order valence-electron chi connectivity index (χ4n) is 1.93. The van der Waals surface area contributed by atoms with Gasteiger partial charge < -0.3 is 14.7 Å². The molecule has 1 aromatic rings. The summed E-state index contributed by atoms with van der Waals surface area (Å²) >= 11 is 6.63. The van der Waals surface area contributed by atoms with Crippen molar-refractivity contribution in [3.63, 3.8) is 0 Å². The van der Waals surface area contributed by atoms with E-state index in [9.17, 15) is 9.59 Å². The van der Waals surface area contributed by atoms with Crippen molar-refractivity contribution in [3.05, 3.63) is 26.6 Å². The minimum Gasteiger partial charge on any atom is -0.494 e. The van der Waals surface area contributed by atoms with Gasteiger partial charge in [-0.2, -0.15) is 0 Å². The molecule has 1 aliphatic rings. The number of benzene rings is 1. The molecule has 1 aliphatic heterocycles. The fraction of sp³-hybridized carbons (Fsp3) is 0.333. The Hall–Kier alpha value is -1.08. The number of hydrogen-bond donors (Lipinski definition) is 1. The third-order valence-electron chi connectivity index (χ3n) is 3.01. The first-order chi connectivity index (χ1) is 8.95. The Bertz CT molecular complexity index is 524. The smallest absolute Gasteiger partial charge is 0.326 e. The van der Waals surface area contributed by atoms with Crippen LogP contribution in [-0.4, -0.2) is 41.6 Å². The van der Waals surface area contributed by atoms with Crippen molar-refractivity contribution >= 4 is 43.7 Å². The zero-order valence-electron chi connectivity index (χ0n) is 10.0. The molecule has 0 aromatic heterocycles. The lowest BCUT2D eigenvalue weighted by Gasteiger charge is -2.38. The second kappa shape index (κ2) is 5.50. The number of methoxy groups -OCH3 is 1. The number of aliphatic carboxylic acids is 1. The van der Waals surface area contributed by atoms with Crippen LogP contribution in [0.5, 0.6) is 5.75 Å². The van der Waals surface area contributed by atoms with Crippen molar-refractivity contribution in [2.75, 3.05) is 13.7 Å². The Labute approximate surface area is 126 Å². The summed E-state index contributed by atoms with van der Waals surface area (Å²) in [7, 11) is 1.53. The lowest BCUT2D eigenvalue weighted by Crippen LogP contribution is -2.55. The predicted molar refractivity (Wildman–Crippen MR) is 75.5 cm³/mol. The van der Waals surface area contributed by atoms with Crippen molar-refractivity contribution in [2.45, 2.75) is 12.5 Å². The number of rotatable bonds is 3. The lowest BCUT2D eigenvalue weighted by molar-refractivity contribution is -0.146. The summed E-state index contributed by atoms with van der Waals surface area (Å²) in [6.07, 6.45) is 0.500. The first-order valence-electron chi connectivity index (χ1n) is 5.52. The van der Waals surface area contributed by atoms with Crippen LogP contribution < -0.4 is 4.74 Å². The summed E-state index contributed by atoms with van der Waals surface area (Å²) in [6, 6.07) is 2.54. The van der Waals surface area contributed by atoms with E-state index in [1.807, 2.05) is 0 Å². The third kappa shape index (κ3) is 2.62. The van der Waals surface area contributed by atoms with Gasteiger partial charge >= 0.3 is 5.97 Å². The van der Waals surface area contributed by atoms with E-state index in [0.29, 0.717) is 33.2 Å². The highest BCUT2D eigenvalue weighted by molar-refractivity contribution is 9.11. The normalized spacial score (nSPS) is 17.8. The molecule has 1 atom stereocenters. The van der Waals surface area contributed by atoms with Gasteiger partial charge in [-0.15, -0.1) is 0 Å². The largest absolute Gasteiger partial charge is 0.494 e. The van der Waals surface area contributed by atoms with E-state index < -0.39 is 12.0 Å². The van der Waals surface area contributed by atoms with E-state index in [2.05, 4.69) is 31.9 Å². The Kier molecular flexibility index (Phi) is 4.15. The van der Waals surface area contributed by atoms with E-state index in [1.165, 1.54) is 12.0 Å². The van der Waals surface area contributed by atoms with E-state index in [4.69, 9.17) is 9.84 Å². The van der Waals surface area contributed by atoms with Gasteiger partial charge in [-0.3, -0.25) is 4.79 Å². The van der Waals surface area contributed by atoms with Crippen molar-refractivity contribution in [1.29, 1.82) is 0 Å². The maximum atomic E-state index is 12.2. The average molecular weight is 393 g/mol. The molecule has 1 N–H and O–H groups in total. The number of ether oxygens (including phenoxy) is 1. The van der Waals surface area contributed by atoms with E-state index >= 15 is 0 Å². The molecule has 0 saturated carbocycles. The molecule has 1 amide bonds. The minimum absolute atomic E-state index is 0.289. The predicted octanol–water partition coefficient (Wildman–Crippen LogP) is 2.52. The quantitative estimate of drug-likeness (QED) is 0.858. The number of carboxylic acids is 1. The van der Waals surface area contributed by atoms with Gasteiger partial charge in [0.2, 0.25) is 0 Å². The number of carboxylic acid groups (broad SMARTS) is 1. The summed E-state index contributed by atoms with van der Waals surface area (Å²) in [5, 5.41) is 8.96. The van der Waals surface area contributed by atoms with Crippen molar-refractivity contribution < 1.29 is 19.4 Å². The van der Waals surface area contributed by atoms with Gasteiger partial charge in [-0.1, -0.05) is 0 Å². The van der Waals surface area contributed by atoms with Crippen LogP contribution in [0.4, 0.5) is 0 Å². The van der Waals surface area contributed by atoms with Crippen LogP contribution in [0.25, 0.3) is 0 Å². The molecular formula is C12H11Br2NO4. The van der Waals surface area contributed by atoms with Crippen LogP contribution in [-0.2, 0) is 4.79 Å². The molecule has 7 heteroatoms.